The number of carbonyl (C=O) groups is 1. The SMILES string of the molecule is O=C(O)c1ccc(CN2C[C@@H]3C[C@H]2CN3Cc2ccc(OCC(F)(F)C(F)(F)F)cc2)cc1. The average molecular weight is 470 g/mol. The number of carboxylic acids is 1. The summed E-state index contributed by atoms with van der Waals surface area (Å²) in [6.07, 6.45) is -4.61. The lowest BCUT2D eigenvalue weighted by atomic mass is 10.1. The van der Waals surface area contributed by atoms with Gasteiger partial charge in [-0.2, -0.15) is 22.0 Å². The third kappa shape index (κ3) is 5.27. The molecule has 2 aromatic carbocycles. The van der Waals surface area contributed by atoms with Crippen LogP contribution in [0.4, 0.5) is 22.0 Å². The zero-order valence-corrected chi connectivity index (χ0v) is 17.6. The largest absolute Gasteiger partial charge is 0.487 e. The van der Waals surface area contributed by atoms with Crippen molar-refractivity contribution in [2.24, 2.45) is 0 Å². The van der Waals surface area contributed by atoms with Crippen molar-refractivity contribution in [3.8, 4) is 5.75 Å². The van der Waals surface area contributed by atoms with Crippen LogP contribution in [-0.2, 0) is 13.1 Å². The summed E-state index contributed by atoms with van der Waals surface area (Å²) < 4.78 is 67.3. The van der Waals surface area contributed by atoms with E-state index in [9.17, 15) is 26.7 Å². The molecule has 5 nitrogen and oxygen atoms in total. The van der Waals surface area contributed by atoms with Gasteiger partial charge in [-0.25, -0.2) is 4.79 Å². The van der Waals surface area contributed by atoms with Crippen LogP contribution in [0.5, 0.6) is 5.75 Å². The number of likely N-dealkylation sites (tertiary alicyclic amines) is 2. The maximum Gasteiger partial charge on any atom is 0.456 e. The molecule has 2 atom stereocenters. The maximum absolute atomic E-state index is 13.0. The molecule has 0 aliphatic carbocycles. The highest BCUT2D eigenvalue weighted by Gasteiger charge is 2.58. The summed E-state index contributed by atoms with van der Waals surface area (Å²) in [6, 6.07) is 13.8. The van der Waals surface area contributed by atoms with Crippen LogP contribution in [0, 0.1) is 0 Å². The fraction of sp³-hybridized carbons (Fsp3) is 0.435. The van der Waals surface area contributed by atoms with E-state index >= 15 is 0 Å². The van der Waals surface area contributed by atoms with Gasteiger partial charge in [-0.15, -0.1) is 0 Å². The van der Waals surface area contributed by atoms with E-state index in [1.165, 1.54) is 12.1 Å². The minimum absolute atomic E-state index is 0.0364. The minimum atomic E-state index is -5.64. The Morgan fingerprint density at radius 1 is 0.879 bits per heavy atom. The number of halogens is 5. The molecule has 33 heavy (non-hydrogen) atoms. The number of piperazine rings is 1. The molecule has 0 amide bonds. The number of hydrogen-bond acceptors (Lipinski definition) is 4. The Bertz CT molecular complexity index is 979. The van der Waals surface area contributed by atoms with Crippen LogP contribution < -0.4 is 4.74 Å². The van der Waals surface area contributed by atoms with Gasteiger partial charge in [-0.05, 0) is 41.8 Å². The highest BCUT2D eigenvalue weighted by molar-refractivity contribution is 5.87. The van der Waals surface area contributed by atoms with Crippen molar-refractivity contribution in [3.63, 3.8) is 0 Å². The summed E-state index contributed by atoms with van der Waals surface area (Å²) in [5.41, 5.74) is 2.25. The molecule has 0 aromatic heterocycles. The normalized spacial score (nSPS) is 21.5. The molecule has 0 saturated carbocycles. The number of fused-ring (bicyclic) bond motifs is 2. The molecule has 2 aliphatic rings. The second-order valence-corrected chi connectivity index (χ2v) is 8.54. The quantitative estimate of drug-likeness (QED) is 0.579. The van der Waals surface area contributed by atoms with Crippen molar-refractivity contribution in [2.75, 3.05) is 19.7 Å². The Hall–Kier alpha value is -2.72. The first-order valence-corrected chi connectivity index (χ1v) is 10.5. The third-order valence-electron chi connectivity index (χ3n) is 6.20. The van der Waals surface area contributed by atoms with Crippen molar-refractivity contribution in [2.45, 2.75) is 43.7 Å². The molecule has 0 spiro atoms. The predicted octanol–water partition coefficient (Wildman–Crippen LogP) is 4.42. The van der Waals surface area contributed by atoms with E-state index in [2.05, 4.69) is 14.5 Å². The summed E-state index contributed by atoms with van der Waals surface area (Å²) in [5, 5.41) is 9.01. The Morgan fingerprint density at radius 3 is 1.79 bits per heavy atom. The van der Waals surface area contributed by atoms with E-state index in [4.69, 9.17) is 5.11 Å². The average Bonchev–Trinajstić information content (AvgIpc) is 3.33. The first-order valence-electron chi connectivity index (χ1n) is 10.5. The Labute approximate surface area is 187 Å². The smallest absolute Gasteiger partial charge is 0.456 e. The molecule has 2 bridgehead atoms. The van der Waals surface area contributed by atoms with Crippen LogP contribution in [0.15, 0.2) is 48.5 Å². The van der Waals surface area contributed by atoms with E-state index in [0.29, 0.717) is 18.6 Å². The van der Waals surface area contributed by atoms with Gasteiger partial charge in [0.25, 0.3) is 0 Å². The van der Waals surface area contributed by atoms with Crippen molar-refractivity contribution >= 4 is 5.97 Å². The van der Waals surface area contributed by atoms with Crippen molar-refractivity contribution < 1.29 is 36.6 Å². The van der Waals surface area contributed by atoms with Gasteiger partial charge in [0.2, 0.25) is 0 Å². The Kier molecular flexibility index (Phi) is 6.32. The molecule has 2 heterocycles. The predicted molar refractivity (Wildman–Crippen MR) is 109 cm³/mol. The molecule has 2 aromatic rings. The summed E-state index contributed by atoms with van der Waals surface area (Å²) >= 11 is 0. The molecule has 10 heteroatoms. The summed E-state index contributed by atoms with van der Waals surface area (Å²) in [5.74, 6) is -5.88. The van der Waals surface area contributed by atoms with Gasteiger partial charge in [0.15, 0.2) is 6.61 Å². The van der Waals surface area contributed by atoms with Gasteiger partial charge in [-0.3, -0.25) is 9.80 Å². The lowest BCUT2D eigenvalue weighted by Gasteiger charge is -2.34. The first-order chi connectivity index (χ1) is 15.5. The Morgan fingerprint density at radius 2 is 1.36 bits per heavy atom. The van der Waals surface area contributed by atoms with Crippen molar-refractivity contribution in [1.29, 1.82) is 0 Å². The number of ether oxygens (including phenoxy) is 1. The summed E-state index contributed by atoms with van der Waals surface area (Å²) in [6.45, 7) is 1.42. The van der Waals surface area contributed by atoms with Crippen LogP contribution in [0.1, 0.15) is 27.9 Å². The van der Waals surface area contributed by atoms with Crippen molar-refractivity contribution in [3.05, 3.63) is 65.2 Å². The number of benzene rings is 2. The van der Waals surface area contributed by atoms with Gasteiger partial charge in [0.05, 0.1) is 5.56 Å². The highest BCUT2D eigenvalue weighted by atomic mass is 19.4. The number of alkyl halides is 5. The fourth-order valence-corrected chi connectivity index (χ4v) is 4.39. The maximum atomic E-state index is 13.0. The lowest BCUT2D eigenvalue weighted by Crippen LogP contribution is -2.45. The molecule has 0 unspecified atom stereocenters. The third-order valence-corrected chi connectivity index (χ3v) is 6.20. The van der Waals surface area contributed by atoms with Crippen LogP contribution in [0.3, 0.4) is 0 Å². The topological polar surface area (TPSA) is 53.0 Å². The fourth-order valence-electron chi connectivity index (χ4n) is 4.39. The van der Waals surface area contributed by atoms with Crippen LogP contribution in [0.25, 0.3) is 0 Å². The van der Waals surface area contributed by atoms with Crippen molar-refractivity contribution in [1.82, 2.24) is 9.80 Å². The number of hydrogen-bond donors (Lipinski definition) is 1. The molecule has 0 radical (unpaired) electrons. The molecule has 2 aliphatic heterocycles. The van der Waals surface area contributed by atoms with E-state index < -0.39 is 24.7 Å². The summed E-state index contributed by atoms with van der Waals surface area (Å²) in [7, 11) is 0. The Balaban J connectivity index is 1.27. The standard InChI is InChI=1S/C23H23F5N2O3/c24-22(25,23(26,27)28)14-33-20-7-3-16(4-8-20)11-30-13-18-9-19(30)12-29(18)10-15-1-5-17(6-2-15)21(31)32/h1-8,18-19H,9-14H2,(H,31,32)/t18-,19-/m0/s1. The van der Waals surface area contributed by atoms with Gasteiger partial charge < -0.3 is 9.84 Å². The van der Waals surface area contributed by atoms with Gasteiger partial charge in [0.1, 0.15) is 5.75 Å². The summed E-state index contributed by atoms with van der Waals surface area (Å²) in [4.78, 5) is 15.7. The first kappa shape index (κ1) is 23.4. The van der Waals surface area contributed by atoms with E-state index in [-0.39, 0.29) is 11.3 Å². The van der Waals surface area contributed by atoms with E-state index in [1.54, 1.807) is 24.3 Å². The van der Waals surface area contributed by atoms with Crippen LogP contribution >= 0.6 is 0 Å². The molecule has 2 saturated heterocycles. The molecule has 4 rings (SSSR count). The lowest BCUT2D eigenvalue weighted by molar-refractivity contribution is -0.290. The van der Waals surface area contributed by atoms with Gasteiger partial charge in [-0.1, -0.05) is 24.3 Å². The van der Waals surface area contributed by atoms with E-state index in [0.717, 1.165) is 37.2 Å². The number of rotatable bonds is 8. The molecule has 2 fully saturated rings. The zero-order chi connectivity index (χ0) is 23.8. The van der Waals surface area contributed by atoms with Crippen LogP contribution in [-0.4, -0.2) is 64.8 Å². The van der Waals surface area contributed by atoms with E-state index in [1.807, 2.05) is 12.1 Å². The van der Waals surface area contributed by atoms with Gasteiger partial charge in [0, 0.05) is 38.3 Å². The second-order valence-electron chi connectivity index (χ2n) is 8.54. The second kappa shape index (κ2) is 8.90. The molecular formula is C23H23F5N2O3. The zero-order valence-electron chi connectivity index (χ0n) is 17.6. The monoisotopic (exact) mass is 470 g/mol. The molecule has 1 N–H and O–H groups in total. The number of carboxylic acid groups (broad SMARTS) is 1. The number of nitrogens with zero attached hydrogens (tertiary/aromatic N) is 2. The molecular weight excluding hydrogens is 447 g/mol. The highest BCUT2D eigenvalue weighted by Crippen LogP contribution is 2.36. The number of aromatic carboxylic acids is 1. The minimum Gasteiger partial charge on any atom is -0.487 e. The molecule has 178 valence electrons. The van der Waals surface area contributed by atoms with Gasteiger partial charge >= 0.3 is 18.1 Å². The van der Waals surface area contributed by atoms with Crippen LogP contribution in [0.2, 0.25) is 0 Å².